The van der Waals surface area contributed by atoms with Gasteiger partial charge in [-0.15, -0.1) is 0 Å². The molecule has 0 unspecified atom stereocenters. The number of nitrogens with zero attached hydrogens (tertiary/aromatic N) is 3. The molecule has 1 aromatic heterocycles. The van der Waals surface area contributed by atoms with E-state index in [1.54, 1.807) is 0 Å². The van der Waals surface area contributed by atoms with Crippen molar-refractivity contribution < 1.29 is 9.53 Å². The number of nitrogens with one attached hydrogen (secondary N) is 1. The van der Waals surface area contributed by atoms with Crippen LogP contribution in [0.15, 0.2) is 78.9 Å². The van der Waals surface area contributed by atoms with E-state index < -0.39 is 0 Å². The minimum Gasteiger partial charge on any atom is -0.467 e. The van der Waals surface area contributed by atoms with E-state index in [4.69, 9.17) is 14.7 Å². The molecule has 0 saturated carbocycles. The number of rotatable bonds is 6. The predicted octanol–water partition coefficient (Wildman–Crippen LogP) is 3.89. The Morgan fingerprint density at radius 2 is 1.66 bits per heavy atom. The standard InChI is InChI=1S/C26H24N4O2/c31-24(27-16-19-8-2-1-3-9-19)18-32-25-22-12-6-7-13-23(22)28-26(29-25)30-15-14-20-10-4-5-11-21(20)17-30/h1-13H,14-18H2,(H,27,31). The van der Waals surface area contributed by atoms with Crippen LogP contribution in [0.4, 0.5) is 5.95 Å². The van der Waals surface area contributed by atoms with Gasteiger partial charge in [-0.25, -0.2) is 4.98 Å². The van der Waals surface area contributed by atoms with Gasteiger partial charge in [0, 0.05) is 19.6 Å². The smallest absolute Gasteiger partial charge is 0.258 e. The lowest BCUT2D eigenvalue weighted by Gasteiger charge is -2.29. The summed E-state index contributed by atoms with van der Waals surface area (Å²) in [5.41, 5.74) is 4.51. The SMILES string of the molecule is O=C(COc1nc(N2CCc3ccccc3C2)nc2ccccc12)NCc1ccccc1. The van der Waals surface area contributed by atoms with Crippen molar-refractivity contribution in [2.75, 3.05) is 18.1 Å². The maximum atomic E-state index is 12.4. The molecular weight excluding hydrogens is 400 g/mol. The Bertz CT molecular complexity index is 1240. The largest absolute Gasteiger partial charge is 0.467 e. The fourth-order valence-corrected chi connectivity index (χ4v) is 3.94. The van der Waals surface area contributed by atoms with Gasteiger partial charge in [0.1, 0.15) is 0 Å². The molecule has 3 aromatic carbocycles. The number of para-hydroxylation sites is 1. The molecule has 0 bridgehead atoms. The lowest BCUT2D eigenvalue weighted by atomic mass is 10.0. The Kier molecular flexibility index (Phi) is 5.66. The van der Waals surface area contributed by atoms with Crippen LogP contribution in [-0.2, 0) is 24.3 Å². The predicted molar refractivity (Wildman–Crippen MR) is 125 cm³/mol. The molecule has 2 heterocycles. The van der Waals surface area contributed by atoms with Gasteiger partial charge in [-0.1, -0.05) is 66.7 Å². The van der Waals surface area contributed by atoms with Gasteiger partial charge in [0.25, 0.3) is 5.91 Å². The molecule has 160 valence electrons. The second kappa shape index (κ2) is 9.06. The van der Waals surface area contributed by atoms with Gasteiger partial charge in [0.05, 0.1) is 10.9 Å². The molecule has 0 fully saturated rings. The Morgan fingerprint density at radius 3 is 2.53 bits per heavy atom. The topological polar surface area (TPSA) is 67.3 Å². The molecule has 6 nitrogen and oxygen atoms in total. The monoisotopic (exact) mass is 424 g/mol. The number of fused-ring (bicyclic) bond motifs is 2. The van der Waals surface area contributed by atoms with E-state index in [2.05, 4.69) is 34.5 Å². The third-order valence-corrected chi connectivity index (χ3v) is 5.64. The summed E-state index contributed by atoms with van der Waals surface area (Å²) in [4.78, 5) is 24.0. The first-order chi connectivity index (χ1) is 15.8. The number of amides is 1. The lowest BCUT2D eigenvalue weighted by Crippen LogP contribution is -2.32. The van der Waals surface area contributed by atoms with Gasteiger partial charge in [0.15, 0.2) is 6.61 Å². The molecule has 0 radical (unpaired) electrons. The molecule has 1 N–H and O–H groups in total. The highest BCUT2D eigenvalue weighted by atomic mass is 16.5. The molecule has 4 aromatic rings. The first-order valence-corrected chi connectivity index (χ1v) is 10.8. The van der Waals surface area contributed by atoms with E-state index in [9.17, 15) is 4.79 Å². The van der Waals surface area contributed by atoms with E-state index in [0.29, 0.717) is 18.4 Å². The van der Waals surface area contributed by atoms with Crippen molar-refractivity contribution >= 4 is 22.8 Å². The number of hydrogen-bond donors (Lipinski definition) is 1. The van der Waals surface area contributed by atoms with E-state index in [0.717, 1.165) is 36.0 Å². The highest BCUT2D eigenvalue weighted by Crippen LogP contribution is 2.28. The summed E-state index contributed by atoms with van der Waals surface area (Å²) < 4.78 is 5.88. The van der Waals surface area contributed by atoms with E-state index >= 15 is 0 Å². The Labute approximate surface area is 186 Å². The number of aromatic nitrogens is 2. The fraction of sp³-hybridized carbons (Fsp3) is 0.192. The summed E-state index contributed by atoms with van der Waals surface area (Å²) >= 11 is 0. The van der Waals surface area contributed by atoms with Crippen LogP contribution in [0.25, 0.3) is 10.9 Å². The van der Waals surface area contributed by atoms with Crippen LogP contribution in [0.2, 0.25) is 0 Å². The summed E-state index contributed by atoms with van der Waals surface area (Å²) in [7, 11) is 0. The van der Waals surface area contributed by atoms with Crippen molar-refractivity contribution in [3.05, 3.63) is 95.6 Å². The van der Waals surface area contributed by atoms with Crippen LogP contribution < -0.4 is 15.0 Å². The summed E-state index contributed by atoms with van der Waals surface area (Å²) in [5.74, 6) is 0.863. The van der Waals surface area contributed by atoms with Crippen molar-refractivity contribution in [2.24, 2.45) is 0 Å². The third kappa shape index (κ3) is 4.39. The first kappa shape index (κ1) is 20.0. The zero-order chi connectivity index (χ0) is 21.8. The van der Waals surface area contributed by atoms with Gasteiger partial charge in [0.2, 0.25) is 11.8 Å². The molecule has 32 heavy (non-hydrogen) atoms. The van der Waals surface area contributed by atoms with Gasteiger partial charge >= 0.3 is 0 Å². The lowest BCUT2D eigenvalue weighted by molar-refractivity contribution is -0.123. The van der Waals surface area contributed by atoms with Crippen LogP contribution in [0.3, 0.4) is 0 Å². The summed E-state index contributed by atoms with van der Waals surface area (Å²) in [5, 5.41) is 3.68. The molecule has 1 aliphatic rings. The van der Waals surface area contributed by atoms with Gasteiger partial charge < -0.3 is 15.0 Å². The summed E-state index contributed by atoms with van der Waals surface area (Å²) in [6.07, 6.45) is 0.949. The molecule has 1 aliphatic heterocycles. The zero-order valence-electron chi connectivity index (χ0n) is 17.7. The number of carbonyl (C=O) groups is 1. The van der Waals surface area contributed by atoms with Crippen molar-refractivity contribution in [3.8, 4) is 5.88 Å². The van der Waals surface area contributed by atoms with Gasteiger partial charge in [-0.3, -0.25) is 4.79 Å². The summed E-state index contributed by atoms with van der Waals surface area (Å²) in [6.45, 7) is 1.96. The molecular formula is C26H24N4O2. The maximum absolute atomic E-state index is 12.4. The minimum atomic E-state index is -0.190. The number of anilines is 1. The normalized spacial score (nSPS) is 12.9. The van der Waals surface area contributed by atoms with Gasteiger partial charge in [-0.2, -0.15) is 4.98 Å². The number of benzene rings is 3. The van der Waals surface area contributed by atoms with Crippen LogP contribution in [-0.4, -0.2) is 29.0 Å². The van der Waals surface area contributed by atoms with Crippen molar-refractivity contribution in [1.29, 1.82) is 0 Å². The van der Waals surface area contributed by atoms with Crippen LogP contribution in [0, 0.1) is 0 Å². The molecule has 0 aliphatic carbocycles. The molecule has 0 spiro atoms. The highest BCUT2D eigenvalue weighted by molar-refractivity contribution is 5.85. The Balaban J connectivity index is 1.33. The quantitative estimate of drug-likeness (QED) is 0.509. The second-order valence-corrected chi connectivity index (χ2v) is 7.84. The third-order valence-electron chi connectivity index (χ3n) is 5.64. The minimum absolute atomic E-state index is 0.101. The first-order valence-electron chi connectivity index (χ1n) is 10.8. The number of hydrogen-bond acceptors (Lipinski definition) is 5. The molecule has 1 amide bonds. The van der Waals surface area contributed by atoms with Crippen molar-refractivity contribution in [3.63, 3.8) is 0 Å². The number of carbonyl (C=O) groups excluding carboxylic acids is 1. The highest BCUT2D eigenvalue weighted by Gasteiger charge is 2.20. The molecule has 5 rings (SSSR count). The fourth-order valence-electron chi connectivity index (χ4n) is 3.94. The number of ether oxygens (including phenoxy) is 1. The van der Waals surface area contributed by atoms with E-state index in [1.165, 1.54) is 11.1 Å². The Morgan fingerprint density at radius 1 is 0.906 bits per heavy atom. The maximum Gasteiger partial charge on any atom is 0.258 e. The van der Waals surface area contributed by atoms with Crippen molar-refractivity contribution in [1.82, 2.24) is 15.3 Å². The van der Waals surface area contributed by atoms with Gasteiger partial charge in [-0.05, 0) is 35.2 Å². The molecule has 0 saturated heterocycles. The Hall–Kier alpha value is -3.93. The average Bonchev–Trinajstić information content (AvgIpc) is 2.86. The summed E-state index contributed by atoms with van der Waals surface area (Å²) in [6, 6.07) is 26.0. The average molecular weight is 425 g/mol. The second-order valence-electron chi connectivity index (χ2n) is 7.84. The molecule has 0 atom stereocenters. The van der Waals surface area contributed by atoms with Crippen LogP contribution in [0.5, 0.6) is 5.88 Å². The van der Waals surface area contributed by atoms with Crippen molar-refractivity contribution in [2.45, 2.75) is 19.5 Å². The van der Waals surface area contributed by atoms with E-state index in [1.807, 2.05) is 54.6 Å². The zero-order valence-corrected chi connectivity index (χ0v) is 17.7. The molecule has 6 heteroatoms. The van der Waals surface area contributed by atoms with Crippen LogP contribution >= 0.6 is 0 Å². The van der Waals surface area contributed by atoms with E-state index in [-0.39, 0.29) is 12.5 Å². The van der Waals surface area contributed by atoms with Crippen LogP contribution in [0.1, 0.15) is 16.7 Å².